The first kappa shape index (κ1) is 24.0. The fraction of sp³-hybridized carbons (Fsp3) is 0.296. The first-order valence-electron chi connectivity index (χ1n) is 10.9. The van der Waals surface area contributed by atoms with E-state index in [2.05, 4.69) is 0 Å². The first-order valence-corrected chi connectivity index (χ1v) is 10.9. The summed E-state index contributed by atoms with van der Waals surface area (Å²) in [6.45, 7) is 9.73. The summed E-state index contributed by atoms with van der Waals surface area (Å²) in [5, 5.41) is 0. The van der Waals surface area contributed by atoms with Crippen molar-refractivity contribution in [3.05, 3.63) is 109 Å². The molecule has 0 saturated carbocycles. The van der Waals surface area contributed by atoms with Gasteiger partial charge in [-0.15, -0.1) is 0 Å². The van der Waals surface area contributed by atoms with E-state index < -0.39 is 22.8 Å². The average Bonchev–Trinajstić information content (AvgIpc) is 2.71. The summed E-state index contributed by atoms with van der Waals surface area (Å²) in [7, 11) is 0. The predicted molar refractivity (Wildman–Crippen MR) is 130 cm³/mol. The van der Waals surface area contributed by atoms with Crippen LogP contribution < -0.4 is 11.2 Å². The molecule has 0 bridgehead atoms. The smallest absolute Gasteiger partial charge is 0.331 e. The minimum Gasteiger partial charge on any atom is -0.457 e. The molecular formula is C27H30N2O4. The molecule has 0 aliphatic rings. The number of nitrogens with zero attached hydrogens (tertiary/aromatic N) is 2. The molecule has 1 aromatic heterocycles. The Balaban J connectivity index is 2.07. The standard InChI is InChI=1S/C27H30N2O4/c1-19-13-20(2)15-22(14-19)17-29-25(31)23(11-12-24(30)33-27(3,4)5)18-28(26(29)32)16-21-9-7-6-8-10-21/h6-15,18H,16-17H2,1-5H3/b12-11+. The molecule has 6 heteroatoms. The molecule has 0 spiro atoms. The molecular weight excluding hydrogens is 416 g/mol. The lowest BCUT2D eigenvalue weighted by Crippen LogP contribution is -2.41. The van der Waals surface area contributed by atoms with Crippen molar-refractivity contribution in [2.75, 3.05) is 0 Å². The van der Waals surface area contributed by atoms with E-state index in [0.29, 0.717) is 6.54 Å². The molecule has 33 heavy (non-hydrogen) atoms. The van der Waals surface area contributed by atoms with Crippen molar-refractivity contribution in [3.8, 4) is 0 Å². The molecule has 0 radical (unpaired) electrons. The summed E-state index contributed by atoms with van der Waals surface area (Å²) in [5.74, 6) is -0.552. The predicted octanol–water partition coefficient (Wildman–Crippen LogP) is 4.08. The van der Waals surface area contributed by atoms with Crippen LogP contribution in [-0.4, -0.2) is 20.7 Å². The van der Waals surface area contributed by atoms with Gasteiger partial charge in [0.1, 0.15) is 5.60 Å². The fourth-order valence-electron chi connectivity index (χ4n) is 3.66. The first-order chi connectivity index (χ1) is 15.5. The molecule has 1 heterocycles. The summed E-state index contributed by atoms with van der Waals surface area (Å²) < 4.78 is 8.01. The summed E-state index contributed by atoms with van der Waals surface area (Å²) in [5.41, 5.74) is 2.65. The van der Waals surface area contributed by atoms with Crippen LogP contribution >= 0.6 is 0 Å². The fourth-order valence-corrected chi connectivity index (χ4v) is 3.66. The minimum atomic E-state index is -0.642. The van der Waals surface area contributed by atoms with Crippen LogP contribution in [0.3, 0.4) is 0 Å². The number of carbonyl (C=O) groups excluding carboxylic acids is 1. The van der Waals surface area contributed by atoms with Crippen molar-refractivity contribution < 1.29 is 9.53 Å². The Kier molecular flexibility index (Phi) is 7.16. The molecule has 0 saturated heterocycles. The van der Waals surface area contributed by atoms with Crippen molar-refractivity contribution in [1.29, 1.82) is 0 Å². The quantitative estimate of drug-likeness (QED) is 0.423. The molecule has 3 rings (SSSR count). The highest BCUT2D eigenvalue weighted by atomic mass is 16.6. The van der Waals surface area contributed by atoms with Crippen LogP contribution in [-0.2, 0) is 22.6 Å². The van der Waals surface area contributed by atoms with E-state index in [1.165, 1.54) is 27.5 Å². The molecule has 172 valence electrons. The number of rotatable bonds is 6. The molecule has 0 atom stereocenters. The van der Waals surface area contributed by atoms with Crippen molar-refractivity contribution >= 4 is 12.0 Å². The van der Waals surface area contributed by atoms with Crippen LogP contribution in [0.15, 0.2) is 70.4 Å². The summed E-state index contributed by atoms with van der Waals surface area (Å²) in [4.78, 5) is 38.6. The lowest BCUT2D eigenvalue weighted by atomic mass is 10.1. The van der Waals surface area contributed by atoms with Crippen molar-refractivity contribution in [2.24, 2.45) is 0 Å². The molecule has 2 aromatic carbocycles. The van der Waals surface area contributed by atoms with Crippen molar-refractivity contribution in [1.82, 2.24) is 9.13 Å². The highest BCUT2D eigenvalue weighted by Gasteiger charge is 2.15. The zero-order chi connectivity index (χ0) is 24.2. The Labute approximate surface area is 193 Å². The minimum absolute atomic E-state index is 0.142. The van der Waals surface area contributed by atoms with Gasteiger partial charge >= 0.3 is 11.7 Å². The van der Waals surface area contributed by atoms with Gasteiger partial charge in [-0.25, -0.2) is 9.59 Å². The van der Waals surface area contributed by atoms with Gasteiger partial charge in [-0.1, -0.05) is 59.7 Å². The largest absolute Gasteiger partial charge is 0.457 e. The molecule has 0 amide bonds. The topological polar surface area (TPSA) is 70.3 Å². The zero-order valence-corrected chi connectivity index (χ0v) is 19.8. The van der Waals surface area contributed by atoms with Gasteiger partial charge in [-0.2, -0.15) is 0 Å². The second kappa shape index (κ2) is 9.86. The maximum absolute atomic E-state index is 13.3. The lowest BCUT2D eigenvalue weighted by molar-refractivity contribution is -0.148. The van der Waals surface area contributed by atoms with Gasteiger partial charge in [0.2, 0.25) is 0 Å². The SMILES string of the molecule is Cc1cc(C)cc(Cn2c(=O)c(/C=C/C(=O)OC(C)(C)C)cn(Cc3ccccc3)c2=O)c1. The summed E-state index contributed by atoms with van der Waals surface area (Å²) >= 11 is 0. The van der Waals surface area contributed by atoms with E-state index in [0.717, 1.165) is 22.3 Å². The average molecular weight is 447 g/mol. The van der Waals surface area contributed by atoms with E-state index in [1.54, 1.807) is 20.8 Å². The highest BCUT2D eigenvalue weighted by molar-refractivity contribution is 5.87. The maximum atomic E-state index is 13.3. The number of hydrogen-bond donors (Lipinski definition) is 0. The Morgan fingerprint density at radius 3 is 2.18 bits per heavy atom. The summed E-state index contributed by atoms with van der Waals surface area (Å²) in [6.07, 6.45) is 4.13. The molecule has 0 fully saturated rings. The lowest BCUT2D eigenvalue weighted by Gasteiger charge is -2.18. The monoisotopic (exact) mass is 446 g/mol. The number of ether oxygens (including phenoxy) is 1. The normalized spacial score (nSPS) is 11.7. The van der Waals surface area contributed by atoms with E-state index in [9.17, 15) is 14.4 Å². The number of hydrogen-bond acceptors (Lipinski definition) is 4. The number of esters is 1. The van der Waals surface area contributed by atoms with Gasteiger partial charge in [-0.3, -0.25) is 13.9 Å². The third-order valence-corrected chi connectivity index (χ3v) is 4.89. The summed E-state index contributed by atoms with van der Waals surface area (Å²) in [6, 6.07) is 15.5. The highest BCUT2D eigenvalue weighted by Crippen LogP contribution is 2.11. The Morgan fingerprint density at radius 2 is 1.58 bits per heavy atom. The number of carbonyl (C=O) groups is 1. The van der Waals surface area contributed by atoms with Gasteiger partial charge in [0.15, 0.2) is 0 Å². The molecule has 0 N–H and O–H groups in total. The van der Waals surface area contributed by atoms with E-state index in [1.807, 2.05) is 62.4 Å². The Hall–Kier alpha value is -3.67. The van der Waals surface area contributed by atoms with Crippen molar-refractivity contribution in [3.63, 3.8) is 0 Å². The van der Waals surface area contributed by atoms with E-state index in [4.69, 9.17) is 4.74 Å². The van der Waals surface area contributed by atoms with Crippen LogP contribution in [0.4, 0.5) is 0 Å². The molecule has 0 aliphatic carbocycles. The second-order valence-corrected chi connectivity index (χ2v) is 9.23. The number of aromatic nitrogens is 2. The van der Waals surface area contributed by atoms with Crippen LogP contribution in [0.25, 0.3) is 6.08 Å². The van der Waals surface area contributed by atoms with Gasteiger partial charge < -0.3 is 4.74 Å². The third-order valence-electron chi connectivity index (χ3n) is 4.89. The zero-order valence-electron chi connectivity index (χ0n) is 19.8. The molecule has 0 aliphatic heterocycles. The van der Waals surface area contributed by atoms with E-state index >= 15 is 0 Å². The number of aryl methyl sites for hydroxylation is 2. The Bertz CT molecular complexity index is 1270. The molecule has 6 nitrogen and oxygen atoms in total. The van der Waals surface area contributed by atoms with Crippen LogP contribution in [0.5, 0.6) is 0 Å². The molecule has 3 aromatic rings. The third kappa shape index (κ3) is 6.65. The van der Waals surface area contributed by atoms with Gasteiger partial charge in [0, 0.05) is 12.3 Å². The van der Waals surface area contributed by atoms with E-state index in [-0.39, 0.29) is 12.1 Å². The Morgan fingerprint density at radius 1 is 0.939 bits per heavy atom. The van der Waals surface area contributed by atoms with Crippen LogP contribution in [0, 0.1) is 13.8 Å². The maximum Gasteiger partial charge on any atom is 0.331 e. The van der Waals surface area contributed by atoms with Crippen molar-refractivity contribution in [2.45, 2.75) is 53.3 Å². The van der Waals surface area contributed by atoms with Gasteiger partial charge in [0.05, 0.1) is 18.7 Å². The molecule has 0 unspecified atom stereocenters. The van der Waals surface area contributed by atoms with Crippen LogP contribution in [0.2, 0.25) is 0 Å². The van der Waals surface area contributed by atoms with Gasteiger partial charge in [0.25, 0.3) is 5.56 Å². The second-order valence-electron chi connectivity index (χ2n) is 9.23. The van der Waals surface area contributed by atoms with Crippen LogP contribution in [0.1, 0.15) is 48.6 Å². The number of benzene rings is 2. The van der Waals surface area contributed by atoms with Gasteiger partial charge in [-0.05, 0) is 51.8 Å².